The zero-order valence-corrected chi connectivity index (χ0v) is 15.8. The molecule has 0 unspecified atom stereocenters. The highest BCUT2D eigenvalue weighted by molar-refractivity contribution is 6.29. The van der Waals surface area contributed by atoms with E-state index in [2.05, 4.69) is 25.3 Å². The number of nitrogens with one attached hydrogen (secondary N) is 1. The molecule has 0 bridgehead atoms. The van der Waals surface area contributed by atoms with Gasteiger partial charge in [0, 0.05) is 24.7 Å². The van der Waals surface area contributed by atoms with Gasteiger partial charge in [-0.15, -0.1) is 0 Å². The third-order valence-corrected chi connectivity index (χ3v) is 4.13. The van der Waals surface area contributed by atoms with Crippen molar-refractivity contribution >= 4 is 23.5 Å². The first-order valence-electron chi connectivity index (χ1n) is 8.49. The number of carbonyl (C=O) groups is 1. The van der Waals surface area contributed by atoms with Crippen LogP contribution in [0.1, 0.15) is 33.6 Å². The number of hydrogen-bond acceptors (Lipinski definition) is 7. The van der Waals surface area contributed by atoms with Gasteiger partial charge in [0.25, 0.3) is 0 Å². The number of pyridine rings is 1. The Morgan fingerprint density at radius 3 is 2.69 bits per heavy atom. The predicted octanol–water partition coefficient (Wildman–Crippen LogP) is 3.28. The highest BCUT2D eigenvalue weighted by Crippen LogP contribution is 2.26. The number of ether oxygens (including phenoxy) is 1. The first kappa shape index (κ1) is 18.4. The Labute approximate surface area is 156 Å². The van der Waals surface area contributed by atoms with Crippen LogP contribution in [0, 0.1) is 0 Å². The van der Waals surface area contributed by atoms with Gasteiger partial charge in [-0.05, 0) is 45.7 Å². The van der Waals surface area contributed by atoms with Crippen LogP contribution in [0.2, 0.25) is 5.15 Å². The Bertz CT molecular complexity index is 752. The second-order valence-electron chi connectivity index (χ2n) is 7.20. The average molecular weight is 380 g/mol. The monoisotopic (exact) mass is 379 g/mol. The first-order valence-corrected chi connectivity index (χ1v) is 8.87. The highest BCUT2D eigenvalue weighted by atomic mass is 35.5. The summed E-state index contributed by atoms with van der Waals surface area (Å²) in [6.45, 7) is 7.04. The van der Waals surface area contributed by atoms with E-state index in [1.807, 2.05) is 26.8 Å². The van der Waals surface area contributed by atoms with E-state index < -0.39 is 5.60 Å². The number of nitrogens with zero attached hydrogens (tertiary/aromatic N) is 4. The second kappa shape index (κ2) is 7.49. The van der Waals surface area contributed by atoms with Gasteiger partial charge in [-0.1, -0.05) is 16.8 Å². The summed E-state index contributed by atoms with van der Waals surface area (Å²) < 4.78 is 10.1. The van der Waals surface area contributed by atoms with Crippen molar-refractivity contribution in [3.8, 4) is 11.4 Å². The van der Waals surface area contributed by atoms with Crippen molar-refractivity contribution in [3.05, 3.63) is 23.7 Å². The normalized spacial score (nSPS) is 15.8. The van der Waals surface area contributed by atoms with Crippen molar-refractivity contribution in [2.24, 2.45) is 0 Å². The van der Waals surface area contributed by atoms with Crippen molar-refractivity contribution in [2.45, 2.75) is 45.3 Å². The lowest BCUT2D eigenvalue weighted by Crippen LogP contribution is -2.46. The minimum Gasteiger partial charge on any atom is -0.444 e. The fourth-order valence-corrected chi connectivity index (χ4v) is 3.00. The third kappa shape index (κ3) is 4.85. The van der Waals surface area contributed by atoms with Crippen LogP contribution in [0.3, 0.4) is 0 Å². The van der Waals surface area contributed by atoms with Gasteiger partial charge < -0.3 is 19.5 Å². The van der Waals surface area contributed by atoms with Crippen molar-refractivity contribution in [1.82, 2.24) is 20.4 Å². The quantitative estimate of drug-likeness (QED) is 0.818. The van der Waals surface area contributed by atoms with Crippen LogP contribution >= 0.6 is 11.6 Å². The number of rotatable bonds is 3. The van der Waals surface area contributed by atoms with E-state index in [0.29, 0.717) is 11.0 Å². The van der Waals surface area contributed by atoms with Crippen LogP contribution in [-0.4, -0.2) is 46.0 Å². The highest BCUT2D eigenvalue weighted by Gasteiger charge is 2.24. The molecular formula is C17H22ClN5O3. The standard InChI is InChI=1S/C17H22ClN5O3/c1-17(2,3)26-16(24)20-12-4-6-23(7-5-12)14-9-11(8-13(18)21-14)15-19-10-25-22-15/h8-10,12H,4-7H2,1-3H3,(H,20,24). The smallest absolute Gasteiger partial charge is 0.407 e. The molecule has 140 valence electrons. The zero-order valence-electron chi connectivity index (χ0n) is 15.0. The van der Waals surface area contributed by atoms with Crippen molar-refractivity contribution in [2.75, 3.05) is 18.0 Å². The molecule has 1 aliphatic heterocycles. The summed E-state index contributed by atoms with van der Waals surface area (Å²) in [6.07, 6.45) is 2.49. The van der Waals surface area contributed by atoms with Crippen LogP contribution in [-0.2, 0) is 4.74 Å². The lowest BCUT2D eigenvalue weighted by Gasteiger charge is -2.33. The second-order valence-corrected chi connectivity index (χ2v) is 7.59. The number of anilines is 1. The average Bonchev–Trinajstić information content (AvgIpc) is 3.07. The summed E-state index contributed by atoms with van der Waals surface area (Å²) in [5.41, 5.74) is 0.254. The van der Waals surface area contributed by atoms with Crippen LogP contribution in [0.15, 0.2) is 23.0 Å². The molecule has 26 heavy (non-hydrogen) atoms. The number of carbonyl (C=O) groups excluding carboxylic acids is 1. The van der Waals surface area contributed by atoms with Gasteiger partial charge in [0.15, 0.2) is 0 Å². The molecule has 0 radical (unpaired) electrons. The Hall–Kier alpha value is -2.35. The Balaban J connectivity index is 1.61. The molecule has 8 nitrogen and oxygen atoms in total. The van der Waals surface area contributed by atoms with Crippen molar-refractivity contribution < 1.29 is 14.1 Å². The number of amides is 1. The van der Waals surface area contributed by atoms with Gasteiger partial charge in [0.1, 0.15) is 16.6 Å². The lowest BCUT2D eigenvalue weighted by atomic mass is 10.1. The zero-order chi connectivity index (χ0) is 18.7. The number of aromatic nitrogens is 3. The molecule has 2 aromatic rings. The molecule has 1 N–H and O–H groups in total. The summed E-state index contributed by atoms with van der Waals surface area (Å²) in [4.78, 5) is 22.5. The summed E-state index contributed by atoms with van der Waals surface area (Å²) in [5.74, 6) is 1.23. The Kier molecular flexibility index (Phi) is 5.31. The fourth-order valence-electron chi connectivity index (χ4n) is 2.80. The minimum absolute atomic E-state index is 0.0805. The topological polar surface area (TPSA) is 93.4 Å². The lowest BCUT2D eigenvalue weighted by molar-refractivity contribution is 0.0497. The molecule has 0 atom stereocenters. The third-order valence-electron chi connectivity index (χ3n) is 3.94. The number of piperidine rings is 1. The van der Waals surface area contributed by atoms with E-state index in [-0.39, 0.29) is 12.1 Å². The largest absolute Gasteiger partial charge is 0.444 e. The molecular weight excluding hydrogens is 358 g/mol. The minimum atomic E-state index is -0.499. The van der Waals surface area contributed by atoms with E-state index in [1.54, 1.807) is 6.07 Å². The van der Waals surface area contributed by atoms with Crippen LogP contribution in [0.25, 0.3) is 11.4 Å². The van der Waals surface area contributed by atoms with Crippen molar-refractivity contribution in [3.63, 3.8) is 0 Å². The van der Waals surface area contributed by atoms with E-state index in [4.69, 9.17) is 20.9 Å². The maximum absolute atomic E-state index is 11.9. The fraction of sp³-hybridized carbons (Fsp3) is 0.529. The van der Waals surface area contributed by atoms with E-state index in [9.17, 15) is 4.79 Å². The molecule has 1 fully saturated rings. The first-order chi connectivity index (χ1) is 12.3. The molecule has 3 rings (SSSR count). The number of hydrogen-bond donors (Lipinski definition) is 1. The molecule has 1 saturated heterocycles. The van der Waals surface area contributed by atoms with Crippen molar-refractivity contribution in [1.29, 1.82) is 0 Å². The molecule has 0 aliphatic carbocycles. The number of halogens is 1. The van der Waals surface area contributed by atoms with E-state index in [1.165, 1.54) is 6.39 Å². The van der Waals surface area contributed by atoms with Gasteiger partial charge in [-0.3, -0.25) is 0 Å². The molecule has 3 heterocycles. The molecule has 2 aromatic heterocycles. The molecule has 0 saturated carbocycles. The van der Waals surface area contributed by atoms with Crippen LogP contribution in [0.4, 0.5) is 10.6 Å². The molecule has 9 heteroatoms. The molecule has 0 aromatic carbocycles. The maximum Gasteiger partial charge on any atom is 0.407 e. The maximum atomic E-state index is 11.9. The number of alkyl carbamates (subject to hydrolysis) is 1. The van der Waals surface area contributed by atoms with Gasteiger partial charge in [0.05, 0.1) is 0 Å². The summed E-state index contributed by atoms with van der Waals surface area (Å²) in [7, 11) is 0. The molecule has 1 amide bonds. The summed E-state index contributed by atoms with van der Waals surface area (Å²) in [5, 5.41) is 7.13. The van der Waals surface area contributed by atoms with Gasteiger partial charge in [-0.25, -0.2) is 9.78 Å². The van der Waals surface area contributed by atoms with Crippen LogP contribution in [0.5, 0.6) is 0 Å². The van der Waals surface area contributed by atoms with Gasteiger partial charge in [0.2, 0.25) is 12.2 Å². The Morgan fingerprint density at radius 2 is 2.08 bits per heavy atom. The van der Waals surface area contributed by atoms with E-state index in [0.717, 1.165) is 37.3 Å². The van der Waals surface area contributed by atoms with Gasteiger partial charge >= 0.3 is 6.09 Å². The Morgan fingerprint density at radius 1 is 1.35 bits per heavy atom. The SMILES string of the molecule is CC(C)(C)OC(=O)NC1CCN(c2cc(-c3ncon3)cc(Cl)n2)CC1. The predicted molar refractivity (Wildman–Crippen MR) is 97.1 cm³/mol. The van der Waals surface area contributed by atoms with E-state index >= 15 is 0 Å². The molecule has 1 aliphatic rings. The molecule has 0 spiro atoms. The van der Waals surface area contributed by atoms with Crippen LogP contribution < -0.4 is 10.2 Å². The summed E-state index contributed by atoms with van der Waals surface area (Å²) >= 11 is 6.15. The summed E-state index contributed by atoms with van der Waals surface area (Å²) in [6, 6.07) is 3.67. The van der Waals surface area contributed by atoms with Gasteiger partial charge in [-0.2, -0.15) is 4.98 Å².